The summed E-state index contributed by atoms with van der Waals surface area (Å²) in [6.07, 6.45) is 4.13. The number of benzene rings is 2. The molecule has 6 heterocycles. The highest BCUT2D eigenvalue weighted by atomic mass is 35.5. The van der Waals surface area contributed by atoms with Gasteiger partial charge in [-0.15, -0.1) is 21.5 Å². The Kier molecular flexibility index (Phi) is 15.1. The fourth-order valence-electron chi connectivity index (χ4n) is 7.85. The minimum Gasteiger partial charge on any atom is -0.465 e. The molecule has 0 spiro atoms. The van der Waals surface area contributed by atoms with Crippen molar-refractivity contribution in [3.05, 3.63) is 115 Å². The molecule has 3 amide bonds. The van der Waals surface area contributed by atoms with Crippen LogP contribution in [-0.4, -0.2) is 111 Å². The number of hydrogen-bond donors (Lipinski definition) is 1. The van der Waals surface area contributed by atoms with Crippen molar-refractivity contribution in [1.29, 1.82) is 0 Å². The molecule has 0 radical (unpaired) electrons. The Morgan fingerprint density at radius 2 is 1.75 bits per heavy atom. The van der Waals surface area contributed by atoms with Gasteiger partial charge >= 0.3 is 5.97 Å². The topological polar surface area (TPSA) is 181 Å². The molecular formula is C49H49ClN8O8S. The first-order valence-electron chi connectivity index (χ1n) is 22.0. The molecule has 1 fully saturated rings. The van der Waals surface area contributed by atoms with Gasteiger partial charge in [-0.2, -0.15) is 5.10 Å². The number of hydrogen-bond acceptors (Lipinski definition) is 13. The minimum atomic E-state index is -0.676. The summed E-state index contributed by atoms with van der Waals surface area (Å²) in [5, 5.41) is 17.2. The molecule has 18 heteroatoms. The zero-order valence-electron chi connectivity index (χ0n) is 37.6. The van der Waals surface area contributed by atoms with Gasteiger partial charge in [0.1, 0.15) is 29.5 Å². The van der Waals surface area contributed by atoms with Gasteiger partial charge in [-0.05, 0) is 61.6 Å². The Bertz CT molecular complexity index is 2840. The predicted molar refractivity (Wildman–Crippen MR) is 249 cm³/mol. The van der Waals surface area contributed by atoms with Crippen LogP contribution in [0.15, 0.2) is 59.9 Å². The number of rotatable bonds is 16. The van der Waals surface area contributed by atoms with E-state index in [1.54, 1.807) is 23.0 Å². The van der Waals surface area contributed by atoms with Crippen LogP contribution in [0.4, 0.5) is 0 Å². The lowest BCUT2D eigenvalue weighted by Crippen LogP contribution is -2.52. The van der Waals surface area contributed by atoms with Crippen LogP contribution in [0.2, 0.25) is 5.02 Å². The average molecular weight is 945 g/mol. The molecule has 5 aromatic rings. The number of aliphatic imine (C=N–C) groups is 1. The molecule has 0 aliphatic carbocycles. The second kappa shape index (κ2) is 21.4. The third kappa shape index (κ3) is 11.1. The van der Waals surface area contributed by atoms with Crippen molar-refractivity contribution in [1.82, 2.24) is 34.8 Å². The second-order valence-electron chi connectivity index (χ2n) is 16.5. The highest BCUT2D eigenvalue weighted by molar-refractivity contribution is 7.15. The molecule has 1 unspecified atom stereocenters. The number of nitrogens with zero attached hydrogens (tertiary/aromatic N) is 7. The van der Waals surface area contributed by atoms with Gasteiger partial charge in [-0.3, -0.25) is 38.7 Å². The molecular weight excluding hydrogens is 896 g/mol. The molecule has 3 aromatic heterocycles. The summed E-state index contributed by atoms with van der Waals surface area (Å²) in [6.45, 7) is 11.2. The summed E-state index contributed by atoms with van der Waals surface area (Å²) < 4.78 is 26.4. The van der Waals surface area contributed by atoms with Crippen LogP contribution in [0, 0.1) is 43.4 Å². The van der Waals surface area contributed by atoms with Crippen molar-refractivity contribution < 1.29 is 38.1 Å². The van der Waals surface area contributed by atoms with Crippen LogP contribution in [0.1, 0.15) is 99.4 Å². The quantitative estimate of drug-likeness (QED) is 0.0568. The van der Waals surface area contributed by atoms with Gasteiger partial charge in [0.25, 0.3) is 5.91 Å². The zero-order valence-corrected chi connectivity index (χ0v) is 39.2. The lowest BCUT2D eigenvalue weighted by Gasteiger charge is -2.29. The van der Waals surface area contributed by atoms with Crippen LogP contribution >= 0.6 is 22.9 Å². The third-order valence-corrected chi connectivity index (χ3v) is 12.6. The number of piperidine rings is 1. The van der Waals surface area contributed by atoms with Gasteiger partial charge in [0.05, 0.1) is 75.0 Å². The van der Waals surface area contributed by atoms with E-state index in [0.717, 1.165) is 37.7 Å². The van der Waals surface area contributed by atoms with Crippen molar-refractivity contribution in [2.75, 3.05) is 46.2 Å². The highest BCUT2D eigenvalue weighted by Gasteiger charge is 2.40. The average Bonchev–Trinajstić information content (AvgIpc) is 4.07. The van der Waals surface area contributed by atoms with Gasteiger partial charge in [-0.25, -0.2) is 0 Å². The van der Waals surface area contributed by atoms with Crippen molar-refractivity contribution in [2.24, 2.45) is 10.9 Å². The Morgan fingerprint density at radius 1 is 0.970 bits per heavy atom. The number of halogens is 1. The summed E-state index contributed by atoms with van der Waals surface area (Å²) in [4.78, 5) is 57.6. The third-order valence-electron chi connectivity index (χ3n) is 11.2. The molecule has 2 aromatic carbocycles. The van der Waals surface area contributed by atoms with Crippen LogP contribution < -0.4 is 5.32 Å². The minimum absolute atomic E-state index is 0.0167. The summed E-state index contributed by atoms with van der Waals surface area (Å²) >= 11 is 7.81. The lowest BCUT2D eigenvalue weighted by molar-refractivity contribution is -0.145. The number of aryl methyl sites for hydroxylation is 1. The normalized spacial score (nSPS) is 16.3. The summed E-state index contributed by atoms with van der Waals surface area (Å²) in [7, 11) is 0. The molecule has 346 valence electrons. The largest absolute Gasteiger partial charge is 0.465 e. The molecule has 2 atom stereocenters. The van der Waals surface area contributed by atoms with Gasteiger partial charge in [-0.1, -0.05) is 67.3 Å². The molecule has 0 saturated carbocycles. The SMILES string of the molecule is Cc1c(C#Cc2cnn(CCOCCOCCOCC#Cc3cccc4c3CN(C3CCC(=O)NC3=O)C4=O)c2)sc2c1C(c1ccc(Cl)cc1)=N[C@@H](CC(=O)OCC(C)C)c1nnc(C)n1-2. The smallest absolute Gasteiger partial charge is 0.308 e. The van der Waals surface area contributed by atoms with Gasteiger partial charge in [0.2, 0.25) is 11.8 Å². The Balaban J connectivity index is 0.799. The van der Waals surface area contributed by atoms with E-state index < -0.39 is 18.0 Å². The standard InChI is InChI=1S/C49H49ClN8O8S/c1-30(2)29-66-43(60)25-39-46-55-54-32(4)58(46)49-44(45(52-39)35-11-13-36(50)14-12-35)31(3)41(67-49)16-10-33-26-51-56(27-33)18-20-64-22-24-65-23-21-63-19-6-8-34-7-5-9-37-38(34)28-57(48(37)62)40-15-17-42(59)53-47(40)61/h5,7,9,11-14,26-27,30,39-40H,15,17-25,28-29H2,1-4H3,(H,53,59,61)/t39-,40?/m0/s1. The van der Waals surface area contributed by atoms with Gasteiger partial charge in [0.15, 0.2) is 5.82 Å². The molecule has 0 bridgehead atoms. The van der Waals surface area contributed by atoms with E-state index in [4.69, 9.17) is 35.5 Å². The molecule has 16 nitrogen and oxygen atoms in total. The molecule has 3 aliphatic heterocycles. The first kappa shape index (κ1) is 47.0. The first-order chi connectivity index (χ1) is 32.4. The maximum Gasteiger partial charge on any atom is 0.308 e. The number of esters is 1. The number of nitrogens with one attached hydrogen (secondary N) is 1. The summed E-state index contributed by atoms with van der Waals surface area (Å²) in [5.74, 6) is 12.8. The van der Waals surface area contributed by atoms with E-state index in [2.05, 4.69) is 44.3 Å². The maximum atomic E-state index is 13.1. The second-order valence-corrected chi connectivity index (χ2v) is 17.9. The first-order valence-corrected chi connectivity index (χ1v) is 23.2. The van der Waals surface area contributed by atoms with E-state index in [0.29, 0.717) is 86.1 Å². The number of fused-ring (bicyclic) bond motifs is 4. The van der Waals surface area contributed by atoms with Crippen LogP contribution in [0.5, 0.6) is 0 Å². The lowest BCUT2D eigenvalue weighted by atomic mass is 9.99. The highest BCUT2D eigenvalue weighted by Crippen LogP contribution is 2.40. The van der Waals surface area contributed by atoms with E-state index in [1.807, 2.05) is 68.8 Å². The monoisotopic (exact) mass is 944 g/mol. The molecule has 1 saturated heterocycles. The van der Waals surface area contributed by atoms with Gasteiger partial charge in [0, 0.05) is 46.4 Å². The van der Waals surface area contributed by atoms with Crippen LogP contribution in [0.3, 0.4) is 0 Å². The van der Waals surface area contributed by atoms with Gasteiger partial charge < -0.3 is 23.8 Å². The number of thiophene rings is 1. The summed E-state index contributed by atoms with van der Waals surface area (Å²) in [5.41, 5.74) is 6.15. The van der Waals surface area contributed by atoms with Crippen molar-refractivity contribution >= 4 is 52.3 Å². The number of carbonyl (C=O) groups excluding carboxylic acids is 4. The van der Waals surface area contributed by atoms with Crippen molar-refractivity contribution in [3.8, 4) is 28.7 Å². The maximum absolute atomic E-state index is 13.1. The molecule has 3 aliphatic rings. The summed E-state index contributed by atoms with van der Waals surface area (Å²) in [6, 6.07) is 11.5. The van der Waals surface area contributed by atoms with E-state index in [1.165, 1.54) is 16.2 Å². The molecule has 1 N–H and O–H groups in total. The Labute approximate surface area is 397 Å². The Morgan fingerprint density at radius 3 is 2.52 bits per heavy atom. The fourth-order valence-corrected chi connectivity index (χ4v) is 9.20. The number of amides is 3. The van der Waals surface area contributed by atoms with Crippen molar-refractivity contribution in [2.45, 2.75) is 72.1 Å². The van der Waals surface area contributed by atoms with Crippen LogP contribution in [0.25, 0.3) is 5.00 Å². The number of imide groups is 1. The zero-order chi connectivity index (χ0) is 47.0. The molecule has 67 heavy (non-hydrogen) atoms. The van der Waals surface area contributed by atoms with Crippen LogP contribution in [-0.2, 0) is 46.4 Å². The van der Waals surface area contributed by atoms with E-state index >= 15 is 0 Å². The predicted octanol–water partition coefficient (Wildman–Crippen LogP) is 5.54. The number of carbonyl (C=O) groups is 4. The number of ether oxygens (including phenoxy) is 4. The Hall–Kier alpha value is -6.47. The molecule has 8 rings (SSSR count). The van der Waals surface area contributed by atoms with Crippen molar-refractivity contribution in [3.63, 3.8) is 0 Å². The van der Waals surface area contributed by atoms with E-state index in [-0.39, 0.29) is 49.7 Å². The van der Waals surface area contributed by atoms with E-state index in [9.17, 15) is 19.2 Å². The fraction of sp³-hybridized carbons (Fsp3) is 0.388. The number of aromatic nitrogens is 5.